The Kier molecular flexibility index (Phi) is 2.13. The molecule has 1 N–H and O–H groups in total. The average molecular weight is 243 g/mol. The van der Waals surface area contributed by atoms with Gasteiger partial charge < -0.3 is 0 Å². The van der Waals surface area contributed by atoms with Crippen LogP contribution in [-0.2, 0) is 0 Å². The normalized spacial score (nSPS) is 20.9. The molecule has 94 valence electrons. The fraction of sp³-hybridized carbons (Fsp3) is 0.571. The quantitative estimate of drug-likeness (QED) is 0.881. The summed E-state index contributed by atoms with van der Waals surface area (Å²) < 4.78 is 1.60. The second-order valence-electron chi connectivity index (χ2n) is 5.69. The van der Waals surface area contributed by atoms with Crippen LogP contribution in [0.25, 0.3) is 5.65 Å². The minimum Gasteiger partial charge on any atom is -0.276 e. The van der Waals surface area contributed by atoms with Gasteiger partial charge in [-0.2, -0.15) is 0 Å². The van der Waals surface area contributed by atoms with Crippen molar-refractivity contribution in [1.82, 2.24) is 14.6 Å². The molecule has 0 aliphatic heterocycles. The molecule has 0 amide bonds. The Labute approximate surface area is 105 Å². The van der Waals surface area contributed by atoms with E-state index in [0.29, 0.717) is 11.8 Å². The molecule has 2 aliphatic carbocycles. The molecule has 2 aromatic heterocycles. The first kappa shape index (κ1) is 10.4. The van der Waals surface area contributed by atoms with Crippen LogP contribution in [-0.4, -0.2) is 14.6 Å². The van der Waals surface area contributed by atoms with Crippen molar-refractivity contribution >= 4 is 5.65 Å². The van der Waals surface area contributed by atoms with Gasteiger partial charge in [0.1, 0.15) is 5.82 Å². The van der Waals surface area contributed by atoms with E-state index in [1.165, 1.54) is 44.1 Å². The SMILES string of the molecule is O=c1cc(C2CC2)cc2nc(C3CCCC3)[nH]n12. The molecule has 2 aliphatic rings. The van der Waals surface area contributed by atoms with Gasteiger partial charge in [0.25, 0.3) is 5.56 Å². The summed E-state index contributed by atoms with van der Waals surface area (Å²) in [7, 11) is 0. The van der Waals surface area contributed by atoms with Crippen LogP contribution in [0, 0.1) is 0 Å². The Morgan fingerprint density at radius 2 is 1.89 bits per heavy atom. The van der Waals surface area contributed by atoms with Crippen molar-refractivity contribution in [2.75, 3.05) is 0 Å². The van der Waals surface area contributed by atoms with Crippen LogP contribution in [0.4, 0.5) is 0 Å². The molecule has 2 heterocycles. The highest BCUT2D eigenvalue weighted by molar-refractivity contribution is 5.43. The van der Waals surface area contributed by atoms with Gasteiger partial charge in [-0.3, -0.25) is 9.89 Å². The van der Waals surface area contributed by atoms with Crippen molar-refractivity contribution in [3.05, 3.63) is 33.9 Å². The van der Waals surface area contributed by atoms with Gasteiger partial charge >= 0.3 is 0 Å². The van der Waals surface area contributed by atoms with Gasteiger partial charge in [-0.05, 0) is 43.2 Å². The summed E-state index contributed by atoms with van der Waals surface area (Å²) in [5.74, 6) is 2.13. The molecule has 2 fully saturated rings. The van der Waals surface area contributed by atoms with E-state index in [-0.39, 0.29) is 5.56 Å². The van der Waals surface area contributed by atoms with Crippen molar-refractivity contribution in [3.63, 3.8) is 0 Å². The number of aromatic amines is 1. The highest BCUT2D eigenvalue weighted by Gasteiger charge is 2.25. The molecule has 0 atom stereocenters. The zero-order chi connectivity index (χ0) is 12.1. The first-order valence-corrected chi connectivity index (χ1v) is 6.94. The number of hydrogen-bond donors (Lipinski definition) is 1. The van der Waals surface area contributed by atoms with Crippen LogP contribution < -0.4 is 5.56 Å². The zero-order valence-corrected chi connectivity index (χ0v) is 10.4. The van der Waals surface area contributed by atoms with Crippen molar-refractivity contribution < 1.29 is 0 Å². The smallest absolute Gasteiger partial charge is 0.271 e. The van der Waals surface area contributed by atoms with E-state index in [0.717, 1.165) is 11.5 Å². The largest absolute Gasteiger partial charge is 0.276 e. The molecular weight excluding hydrogens is 226 g/mol. The van der Waals surface area contributed by atoms with Gasteiger partial charge in [-0.1, -0.05) is 12.8 Å². The topological polar surface area (TPSA) is 50.2 Å². The molecule has 0 radical (unpaired) electrons. The second kappa shape index (κ2) is 3.70. The monoisotopic (exact) mass is 243 g/mol. The third-order valence-electron chi connectivity index (χ3n) is 4.29. The standard InChI is InChI=1S/C14H17N3O/c18-13-8-11(9-5-6-9)7-12-15-14(16-17(12)13)10-3-1-2-4-10/h7-10H,1-6H2,(H,15,16). The number of hydrogen-bond acceptors (Lipinski definition) is 2. The second-order valence-corrected chi connectivity index (χ2v) is 5.69. The summed E-state index contributed by atoms with van der Waals surface area (Å²) in [5.41, 5.74) is 2.00. The van der Waals surface area contributed by atoms with Gasteiger partial charge in [0.05, 0.1) is 0 Å². The van der Waals surface area contributed by atoms with E-state index in [1.807, 2.05) is 0 Å². The number of pyridine rings is 1. The maximum atomic E-state index is 12.1. The Balaban J connectivity index is 1.83. The molecule has 2 saturated carbocycles. The first-order chi connectivity index (χ1) is 8.81. The summed E-state index contributed by atoms with van der Waals surface area (Å²) in [6.45, 7) is 0. The summed E-state index contributed by atoms with van der Waals surface area (Å²) in [6.07, 6.45) is 7.40. The summed E-state index contributed by atoms with van der Waals surface area (Å²) in [5, 5.41) is 3.19. The third kappa shape index (κ3) is 1.59. The number of aromatic nitrogens is 3. The molecule has 0 bridgehead atoms. The lowest BCUT2D eigenvalue weighted by molar-refractivity contribution is 0.663. The minimum absolute atomic E-state index is 0.0335. The van der Waals surface area contributed by atoms with Crippen LogP contribution in [0.1, 0.15) is 61.7 Å². The van der Waals surface area contributed by atoms with Crippen LogP contribution >= 0.6 is 0 Å². The van der Waals surface area contributed by atoms with Gasteiger partial charge in [0, 0.05) is 12.0 Å². The number of fused-ring (bicyclic) bond motifs is 1. The molecule has 2 aromatic rings. The van der Waals surface area contributed by atoms with Crippen LogP contribution in [0.5, 0.6) is 0 Å². The molecule has 0 aromatic carbocycles. The van der Waals surface area contributed by atoms with E-state index in [9.17, 15) is 4.79 Å². The lowest BCUT2D eigenvalue weighted by atomic mass is 10.1. The summed E-state index contributed by atoms with van der Waals surface area (Å²) in [4.78, 5) is 16.7. The predicted octanol–water partition coefficient (Wildman–Crippen LogP) is 2.56. The van der Waals surface area contributed by atoms with Crippen LogP contribution in [0.15, 0.2) is 16.9 Å². The highest BCUT2D eigenvalue weighted by atomic mass is 16.1. The van der Waals surface area contributed by atoms with E-state index >= 15 is 0 Å². The van der Waals surface area contributed by atoms with Crippen LogP contribution in [0.2, 0.25) is 0 Å². The van der Waals surface area contributed by atoms with Crippen molar-refractivity contribution in [3.8, 4) is 0 Å². The fourth-order valence-electron chi connectivity index (χ4n) is 3.07. The Hall–Kier alpha value is -1.58. The van der Waals surface area contributed by atoms with Crippen molar-refractivity contribution in [2.24, 2.45) is 0 Å². The maximum absolute atomic E-state index is 12.1. The molecule has 18 heavy (non-hydrogen) atoms. The maximum Gasteiger partial charge on any atom is 0.271 e. The number of nitrogens with zero attached hydrogens (tertiary/aromatic N) is 2. The molecule has 4 heteroatoms. The van der Waals surface area contributed by atoms with Gasteiger partial charge in [-0.25, -0.2) is 9.50 Å². The van der Waals surface area contributed by atoms with E-state index in [1.54, 1.807) is 10.6 Å². The van der Waals surface area contributed by atoms with Gasteiger partial charge in [-0.15, -0.1) is 0 Å². The molecule has 0 saturated heterocycles. The van der Waals surface area contributed by atoms with Crippen molar-refractivity contribution in [1.29, 1.82) is 0 Å². The molecule has 4 nitrogen and oxygen atoms in total. The average Bonchev–Trinajstić information content (AvgIpc) is 2.91. The van der Waals surface area contributed by atoms with Crippen molar-refractivity contribution in [2.45, 2.75) is 50.4 Å². The lowest BCUT2D eigenvalue weighted by Crippen LogP contribution is -2.13. The predicted molar refractivity (Wildman–Crippen MR) is 69.0 cm³/mol. The van der Waals surface area contributed by atoms with E-state index in [4.69, 9.17) is 0 Å². The summed E-state index contributed by atoms with van der Waals surface area (Å²) >= 11 is 0. The van der Waals surface area contributed by atoms with E-state index < -0.39 is 0 Å². The highest BCUT2D eigenvalue weighted by Crippen LogP contribution is 2.39. The summed E-state index contributed by atoms with van der Waals surface area (Å²) in [6, 6.07) is 3.84. The lowest BCUT2D eigenvalue weighted by Gasteiger charge is -2.01. The zero-order valence-electron chi connectivity index (χ0n) is 10.4. The minimum atomic E-state index is 0.0335. The molecular formula is C14H17N3O. The van der Waals surface area contributed by atoms with Crippen LogP contribution in [0.3, 0.4) is 0 Å². The molecule has 0 spiro atoms. The Morgan fingerprint density at radius 1 is 1.11 bits per heavy atom. The number of rotatable bonds is 2. The molecule has 0 unspecified atom stereocenters. The van der Waals surface area contributed by atoms with E-state index in [2.05, 4.69) is 16.1 Å². The first-order valence-electron chi connectivity index (χ1n) is 6.94. The number of H-pyrrole nitrogens is 1. The number of nitrogens with one attached hydrogen (secondary N) is 1. The van der Waals surface area contributed by atoms with Gasteiger partial charge in [0.2, 0.25) is 0 Å². The Bertz CT molecular complexity index is 645. The molecule has 4 rings (SSSR count). The van der Waals surface area contributed by atoms with Gasteiger partial charge in [0.15, 0.2) is 5.65 Å². The Morgan fingerprint density at radius 3 is 2.61 bits per heavy atom. The fourth-order valence-corrected chi connectivity index (χ4v) is 3.07. The third-order valence-corrected chi connectivity index (χ3v) is 4.29.